The van der Waals surface area contributed by atoms with Crippen molar-refractivity contribution in [1.29, 1.82) is 0 Å². The van der Waals surface area contributed by atoms with Crippen LogP contribution >= 0.6 is 0 Å². The molecule has 84 valence electrons. The summed E-state index contributed by atoms with van der Waals surface area (Å²) in [4.78, 5) is 11.8. The maximum absolute atomic E-state index is 11.8. The summed E-state index contributed by atoms with van der Waals surface area (Å²) >= 11 is 0. The van der Waals surface area contributed by atoms with Crippen LogP contribution in [0.15, 0.2) is 12.1 Å². The molecule has 0 aliphatic carbocycles. The Balaban J connectivity index is 2.83. The number of aryl methyl sites for hydroxylation is 1. The van der Waals surface area contributed by atoms with Crippen LogP contribution in [0.25, 0.3) is 0 Å². The van der Waals surface area contributed by atoms with Crippen molar-refractivity contribution in [2.24, 2.45) is 7.05 Å². The Bertz CT molecular complexity index is 367. The molecule has 1 rings (SSSR count). The minimum absolute atomic E-state index is 0.0812. The molecule has 0 aromatic carbocycles. The van der Waals surface area contributed by atoms with E-state index in [1.807, 2.05) is 24.6 Å². The van der Waals surface area contributed by atoms with E-state index in [0.29, 0.717) is 5.69 Å². The summed E-state index contributed by atoms with van der Waals surface area (Å²) in [6.45, 7) is 5.41. The molecule has 0 aliphatic heterocycles. The standard InChI is InChI=1S/C11H18N2O2/c1-8-5-6-9(13(8)4)10(15)12-11(2,3)7-14/h5-6,14H,7H2,1-4H3,(H,12,15). The highest BCUT2D eigenvalue weighted by Gasteiger charge is 2.21. The number of carbonyl (C=O) groups excluding carboxylic acids is 1. The number of nitrogens with zero attached hydrogens (tertiary/aromatic N) is 1. The van der Waals surface area contributed by atoms with Crippen LogP contribution in [0.2, 0.25) is 0 Å². The molecule has 0 unspecified atom stereocenters. The molecule has 4 heteroatoms. The van der Waals surface area contributed by atoms with Crippen molar-refractivity contribution in [2.75, 3.05) is 6.61 Å². The smallest absolute Gasteiger partial charge is 0.268 e. The fourth-order valence-electron chi connectivity index (χ4n) is 1.25. The Labute approximate surface area is 89.9 Å². The number of hydrogen-bond acceptors (Lipinski definition) is 2. The van der Waals surface area contributed by atoms with Crippen molar-refractivity contribution < 1.29 is 9.90 Å². The van der Waals surface area contributed by atoms with Crippen molar-refractivity contribution in [2.45, 2.75) is 26.3 Å². The Hall–Kier alpha value is -1.29. The van der Waals surface area contributed by atoms with Crippen LogP contribution in [0.5, 0.6) is 0 Å². The number of carbonyl (C=O) groups is 1. The molecule has 0 saturated heterocycles. The van der Waals surface area contributed by atoms with E-state index in [1.165, 1.54) is 0 Å². The van der Waals surface area contributed by atoms with Crippen molar-refractivity contribution >= 4 is 5.91 Å². The first-order valence-corrected chi connectivity index (χ1v) is 4.93. The van der Waals surface area contributed by atoms with Crippen LogP contribution in [0.3, 0.4) is 0 Å². The van der Waals surface area contributed by atoms with Gasteiger partial charge in [0.2, 0.25) is 0 Å². The predicted octanol–water partition coefficient (Wildman–Crippen LogP) is 0.834. The largest absolute Gasteiger partial charge is 0.394 e. The Morgan fingerprint density at radius 3 is 2.53 bits per heavy atom. The fourth-order valence-corrected chi connectivity index (χ4v) is 1.25. The molecule has 1 heterocycles. The molecule has 0 aliphatic rings. The summed E-state index contributed by atoms with van der Waals surface area (Å²) in [7, 11) is 1.84. The monoisotopic (exact) mass is 210 g/mol. The first kappa shape index (κ1) is 11.8. The molecule has 15 heavy (non-hydrogen) atoms. The van der Waals surface area contributed by atoms with E-state index in [0.717, 1.165) is 5.69 Å². The topological polar surface area (TPSA) is 54.3 Å². The first-order chi connectivity index (χ1) is 6.87. The summed E-state index contributed by atoms with van der Waals surface area (Å²) in [5.41, 5.74) is 1.05. The lowest BCUT2D eigenvalue weighted by Gasteiger charge is -2.23. The normalized spacial score (nSPS) is 11.5. The zero-order valence-corrected chi connectivity index (χ0v) is 9.66. The lowest BCUT2D eigenvalue weighted by atomic mass is 10.1. The van der Waals surface area contributed by atoms with Crippen molar-refractivity contribution in [3.8, 4) is 0 Å². The quantitative estimate of drug-likeness (QED) is 0.776. The average Bonchev–Trinajstić information content (AvgIpc) is 2.47. The highest BCUT2D eigenvalue weighted by molar-refractivity contribution is 5.93. The van der Waals surface area contributed by atoms with E-state index in [2.05, 4.69) is 5.32 Å². The minimum Gasteiger partial charge on any atom is -0.394 e. The molecule has 0 saturated carbocycles. The zero-order chi connectivity index (χ0) is 11.6. The third-order valence-electron chi connectivity index (χ3n) is 2.45. The van der Waals surface area contributed by atoms with E-state index in [1.54, 1.807) is 19.9 Å². The zero-order valence-electron chi connectivity index (χ0n) is 9.66. The second-order valence-electron chi connectivity index (χ2n) is 4.42. The van der Waals surface area contributed by atoms with Crippen LogP contribution < -0.4 is 5.32 Å². The van der Waals surface area contributed by atoms with Gasteiger partial charge < -0.3 is 15.0 Å². The van der Waals surface area contributed by atoms with Gasteiger partial charge in [0.05, 0.1) is 12.1 Å². The van der Waals surface area contributed by atoms with E-state index in [-0.39, 0.29) is 12.5 Å². The molecule has 1 aromatic rings. The molecule has 1 amide bonds. The van der Waals surface area contributed by atoms with Crippen LogP contribution in [-0.2, 0) is 7.05 Å². The van der Waals surface area contributed by atoms with Gasteiger partial charge in [0.25, 0.3) is 5.91 Å². The molecule has 0 spiro atoms. The highest BCUT2D eigenvalue weighted by atomic mass is 16.3. The number of aromatic nitrogens is 1. The number of aliphatic hydroxyl groups excluding tert-OH is 1. The second kappa shape index (κ2) is 4.06. The van der Waals surface area contributed by atoms with Gasteiger partial charge >= 0.3 is 0 Å². The maximum atomic E-state index is 11.8. The van der Waals surface area contributed by atoms with Gasteiger partial charge in [0.15, 0.2) is 0 Å². The molecule has 0 atom stereocenters. The molecule has 0 fully saturated rings. The van der Waals surface area contributed by atoms with Crippen LogP contribution in [0.1, 0.15) is 30.0 Å². The van der Waals surface area contributed by atoms with Crippen molar-refractivity contribution in [1.82, 2.24) is 9.88 Å². The third-order valence-corrected chi connectivity index (χ3v) is 2.45. The molecule has 1 aromatic heterocycles. The van der Waals surface area contributed by atoms with Crippen LogP contribution in [0, 0.1) is 6.92 Å². The maximum Gasteiger partial charge on any atom is 0.268 e. The van der Waals surface area contributed by atoms with Gasteiger partial charge in [0.1, 0.15) is 5.69 Å². The third kappa shape index (κ3) is 2.59. The molecular weight excluding hydrogens is 192 g/mol. The molecular formula is C11H18N2O2. The number of nitrogens with one attached hydrogen (secondary N) is 1. The van der Waals surface area contributed by atoms with E-state index in [4.69, 9.17) is 5.11 Å². The highest BCUT2D eigenvalue weighted by Crippen LogP contribution is 2.08. The van der Waals surface area contributed by atoms with E-state index < -0.39 is 5.54 Å². The van der Waals surface area contributed by atoms with Crippen molar-refractivity contribution in [3.63, 3.8) is 0 Å². The van der Waals surface area contributed by atoms with Gasteiger partial charge in [-0.3, -0.25) is 4.79 Å². The fraction of sp³-hybridized carbons (Fsp3) is 0.545. The first-order valence-electron chi connectivity index (χ1n) is 4.93. The molecule has 0 bridgehead atoms. The van der Waals surface area contributed by atoms with E-state index >= 15 is 0 Å². The number of amides is 1. The average molecular weight is 210 g/mol. The summed E-state index contributed by atoms with van der Waals surface area (Å²) < 4.78 is 1.82. The number of aliphatic hydroxyl groups is 1. The van der Waals surface area contributed by atoms with Crippen LogP contribution in [-0.4, -0.2) is 27.7 Å². The van der Waals surface area contributed by atoms with E-state index in [9.17, 15) is 4.79 Å². The van der Waals surface area contributed by atoms with Crippen LogP contribution in [0.4, 0.5) is 0 Å². The lowest BCUT2D eigenvalue weighted by molar-refractivity contribution is 0.0861. The molecule has 2 N–H and O–H groups in total. The SMILES string of the molecule is Cc1ccc(C(=O)NC(C)(C)CO)n1C. The molecule has 4 nitrogen and oxygen atoms in total. The Morgan fingerprint density at radius 1 is 1.53 bits per heavy atom. The summed E-state index contributed by atoms with van der Waals surface area (Å²) in [6, 6.07) is 3.67. The van der Waals surface area contributed by atoms with Gasteiger partial charge in [-0.05, 0) is 32.9 Å². The molecule has 0 radical (unpaired) electrons. The minimum atomic E-state index is -0.588. The van der Waals surface area contributed by atoms with Gasteiger partial charge in [-0.25, -0.2) is 0 Å². The summed E-state index contributed by atoms with van der Waals surface area (Å²) in [5, 5.41) is 11.8. The predicted molar refractivity (Wildman–Crippen MR) is 58.8 cm³/mol. The number of rotatable bonds is 3. The summed E-state index contributed by atoms with van der Waals surface area (Å²) in [6.07, 6.45) is 0. The Morgan fingerprint density at radius 2 is 2.13 bits per heavy atom. The lowest BCUT2D eigenvalue weighted by Crippen LogP contribution is -2.46. The Kier molecular flexibility index (Phi) is 3.19. The van der Waals surface area contributed by atoms with Gasteiger partial charge in [-0.1, -0.05) is 0 Å². The number of hydrogen-bond donors (Lipinski definition) is 2. The van der Waals surface area contributed by atoms with Gasteiger partial charge in [-0.15, -0.1) is 0 Å². The van der Waals surface area contributed by atoms with Gasteiger partial charge in [0, 0.05) is 12.7 Å². The second-order valence-corrected chi connectivity index (χ2v) is 4.42. The summed E-state index contributed by atoms with van der Waals surface area (Å²) in [5.74, 6) is -0.162. The van der Waals surface area contributed by atoms with Gasteiger partial charge in [-0.2, -0.15) is 0 Å². The van der Waals surface area contributed by atoms with Crippen molar-refractivity contribution in [3.05, 3.63) is 23.5 Å².